The zero-order valence-corrected chi connectivity index (χ0v) is 7.82. The highest BCUT2D eigenvalue weighted by Crippen LogP contribution is 2.08. The number of H-pyrrole nitrogens is 1. The van der Waals surface area contributed by atoms with E-state index < -0.39 is 0 Å². The normalized spacial score (nSPS) is 9.73. The lowest BCUT2D eigenvalue weighted by atomic mass is 10.5. The summed E-state index contributed by atoms with van der Waals surface area (Å²) in [6.07, 6.45) is 0. The van der Waals surface area contributed by atoms with Gasteiger partial charge in [0.15, 0.2) is 5.82 Å². The molecule has 0 bridgehead atoms. The first-order valence-corrected chi connectivity index (χ1v) is 3.88. The molecule has 0 spiro atoms. The van der Waals surface area contributed by atoms with E-state index in [9.17, 15) is 4.79 Å². The van der Waals surface area contributed by atoms with E-state index in [-0.39, 0.29) is 5.56 Å². The maximum absolute atomic E-state index is 11.0. The summed E-state index contributed by atoms with van der Waals surface area (Å²) in [5, 5.41) is 2.69. The third-order valence-corrected chi connectivity index (χ3v) is 2.04. The van der Waals surface area contributed by atoms with Gasteiger partial charge in [0, 0.05) is 7.05 Å². The molecule has 0 aromatic carbocycles. The monoisotopic (exact) mass is 217 g/mol. The van der Waals surface area contributed by atoms with E-state index in [1.807, 2.05) is 0 Å². The first kappa shape index (κ1) is 8.26. The minimum atomic E-state index is -0.218. The highest BCUT2D eigenvalue weighted by Gasteiger charge is 2.01. The van der Waals surface area contributed by atoms with E-state index >= 15 is 0 Å². The summed E-state index contributed by atoms with van der Waals surface area (Å²) >= 11 is 3.16. The predicted molar refractivity (Wildman–Crippen MR) is 46.8 cm³/mol. The third-order valence-electron chi connectivity index (χ3n) is 1.27. The Bertz CT molecular complexity index is 320. The van der Waals surface area contributed by atoms with Gasteiger partial charge in [0.2, 0.25) is 0 Å². The van der Waals surface area contributed by atoms with Gasteiger partial charge >= 0.3 is 0 Å². The van der Waals surface area contributed by atoms with Crippen LogP contribution in [-0.4, -0.2) is 17.0 Å². The van der Waals surface area contributed by atoms with E-state index in [4.69, 9.17) is 0 Å². The van der Waals surface area contributed by atoms with Crippen LogP contribution in [-0.2, 0) is 0 Å². The van der Waals surface area contributed by atoms with Crippen molar-refractivity contribution < 1.29 is 0 Å². The van der Waals surface area contributed by atoms with Gasteiger partial charge in [-0.2, -0.15) is 0 Å². The van der Waals surface area contributed by atoms with Crippen molar-refractivity contribution in [2.45, 2.75) is 6.92 Å². The van der Waals surface area contributed by atoms with Crippen molar-refractivity contribution in [2.75, 3.05) is 12.4 Å². The summed E-state index contributed by atoms with van der Waals surface area (Å²) in [7, 11) is 1.66. The smallest absolute Gasteiger partial charge is 0.291 e. The summed E-state index contributed by atoms with van der Waals surface area (Å²) in [6, 6.07) is 0. The molecule has 1 heterocycles. The van der Waals surface area contributed by atoms with Crippen molar-refractivity contribution in [3.05, 3.63) is 20.7 Å². The van der Waals surface area contributed by atoms with Crippen LogP contribution in [0, 0.1) is 6.92 Å². The molecule has 1 rings (SSSR count). The van der Waals surface area contributed by atoms with Crippen molar-refractivity contribution in [3.8, 4) is 0 Å². The lowest BCUT2D eigenvalue weighted by Crippen LogP contribution is -2.15. The van der Waals surface area contributed by atoms with Crippen LogP contribution in [0.2, 0.25) is 0 Å². The average Bonchev–Trinajstić information content (AvgIpc) is 1.97. The maximum atomic E-state index is 11.0. The average molecular weight is 218 g/mol. The van der Waals surface area contributed by atoms with Crippen molar-refractivity contribution in [2.24, 2.45) is 0 Å². The maximum Gasteiger partial charge on any atom is 0.291 e. The van der Waals surface area contributed by atoms with Gasteiger partial charge in [-0.05, 0) is 22.9 Å². The Morgan fingerprint density at radius 1 is 1.64 bits per heavy atom. The molecule has 0 amide bonds. The molecule has 0 fully saturated rings. The van der Waals surface area contributed by atoms with Crippen LogP contribution >= 0.6 is 15.9 Å². The van der Waals surface area contributed by atoms with Crippen LogP contribution in [0.25, 0.3) is 0 Å². The largest absolute Gasteiger partial charge is 0.369 e. The molecule has 0 unspecified atom stereocenters. The van der Waals surface area contributed by atoms with Gasteiger partial charge in [-0.3, -0.25) is 4.79 Å². The SMILES string of the molecule is CNc1nc(C)c(Br)[nH]c1=O. The molecule has 0 saturated heterocycles. The van der Waals surface area contributed by atoms with Gasteiger partial charge in [-0.25, -0.2) is 4.98 Å². The molecule has 1 aromatic rings. The Morgan fingerprint density at radius 2 is 2.27 bits per heavy atom. The molecule has 5 heteroatoms. The standard InChI is InChI=1S/C6H8BrN3O/c1-3-4(7)10-6(11)5(8-2)9-3/h1-2H3,(H,8,9)(H,10,11). The molecule has 0 aliphatic heterocycles. The lowest BCUT2D eigenvalue weighted by molar-refractivity contribution is 1.04. The molecular weight excluding hydrogens is 210 g/mol. The highest BCUT2D eigenvalue weighted by atomic mass is 79.9. The van der Waals surface area contributed by atoms with Gasteiger partial charge in [-0.15, -0.1) is 0 Å². The Balaban J connectivity index is 3.32. The minimum absolute atomic E-state index is 0.218. The van der Waals surface area contributed by atoms with Crippen molar-refractivity contribution >= 4 is 21.7 Å². The zero-order chi connectivity index (χ0) is 8.43. The Kier molecular flexibility index (Phi) is 2.28. The number of aromatic nitrogens is 2. The molecule has 2 N–H and O–H groups in total. The number of anilines is 1. The highest BCUT2D eigenvalue weighted by molar-refractivity contribution is 9.10. The number of nitrogens with one attached hydrogen (secondary N) is 2. The quantitative estimate of drug-likeness (QED) is 0.735. The fourth-order valence-corrected chi connectivity index (χ4v) is 0.955. The predicted octanol–water partition coefficient (Wildman–Crippen LogP) is 0.883. The minimum Gasteiger partial charge on any atom is -0.369 e. The first-order chi connectivity index (χ1) is 5.15. The second-order valence-corrected chi connectivity index (χ2v) is 2.86. The van der Waals surface area contributed by atoms with E-state index in [2.05, 4.69) is 31.2 Å². The first-order valence-electron chi connectivity index (χ1n) is 3.09. The fourth-order valence-electron chi connectivity index (χ4n) is 0.686. The molecule has 11 heavy (non-hydrogen) atoms. The molecule has 1 aromatic heterocycles. The molecule has 0 atom stereocenters. The second kappa shape index (κ2) is 3.04. The van der Waals surface area contributed by atoms with Crippen molar-refractivity contribution in [1.29, 1.82) is 0 Å². The lowest BCUT2D eigenvalue weighted by Gasteiger charge is -2.00. The number of aromatic amines is 1. The third kappa shape index (κ3) is 1.59. The summed E-state index contributed by atoms with van der Waals surface area (Å²) in [5.41, 5.74) is 0.541. The zero-order valence-electron chi connectivity index (χ0n) is 6.23. The van der Waals surface area contributed by atoms with Crippen molar-refractivity contribution in [3.63, 3.8) is 0 Å². The molecule has 0 aliphatic carbocycles. The van der Waals surface area contributed by atoms with Gasteiger partial charge in [0.1, 0.15) is 4.60 Å². The van der Waals surface area contributed by atoms with Gasteiger partial charge in [0.25, 0.3) is 5.56 Å². The van der Waals surface area contributed by atoms with E-state index in [1.54, 1.807) is 14.0 Å². The van der Waals surface area contributed by atoms with Gasteiger partial charge in [-0.1, -0.05) is 0 Å². The number of halogens is 1. The summed E-state index contributed by atoms with van der Waals surface area (Å²) in [6.45, 7) is 1.81. The number of hydrogen-bond donors (Lipinski definition) is 2. The molecule has 0 aliphatic rings. The van der Waals surface area contributed by atoms with Gasteiger partial charge in [0.05, 0.1) is 5.69 Å². The van der Waals surface area contributed by atoms with Crippen LogP contribution in [0.1, 0.15) is 5.69 Å². The van der Waals surface area contributed by atoms with Crippen molar-refractivity contribution in [1.82, 2.24) is 9.97 Å². The fraction of sp³-hybridized carbons (Fsp3) is 0.333. The summed E-state index contributed by atoms with van der Waals surface area (Å²) in [4.78, 5) is 17.6. The number of aryl methyl sites for hydroxylation is 1. The molecular formula is C6H8BrN3O. The Hall–Kier alpha value is -0.840. The summed E-state index contributed by atoms with van der Waals surface area (Å²) in [5.74, 6) is 0.339. The molecule has 0 radical (unpaired) electrons. The van der Waals surface area contributed by atoms with Crippen LogP contribution in [0.15, 0.2) is 9.40 Å². The topological polar surface area (TPSA) is 57.8 Å². The van der Waals surface area contributed by atoms with Crippen LogP contribution < -0.4 is 10.9 Å². The number of rotatable bonds is 1. The van der Waals surface area contributed by atoms with Crippen LogP contribution in [0.4, 0.5) is 5.82 Å². The Morgan fingerprint density at radius 3 is 2.82 bits per heavy atom. The molecule has 4 nitrogen and oxygen atoms in total. The van der Waals surface area contributed by atoms with Gasteiger partial charge < -0.3 is 10.3 Å². The molecule has 60 valence electrons. The van der Waals surface area contributed by atoms with E-state index in [0.717, 1.165) is 5.69 Å². The summed E-state index contributed by atoms with van der Waals surface area (Å²) < 4.78 is 0.626. The number of hydrogen-bond acceptors (Lipinski definition) is 3. The van der Waals surface area contributed by atoms with Crippen LogP contribution in [0.3, 0.4) is 0 Å². The van der Waals surface area contributed by atoms with Crippen LogP contribution in [0.5, 0.6) is 0 Å². The second-order valence-electron chi connectivity index (χ2n) is 2.06. The Labute approximate surface area is 72.2 Å². The van der Waals surface area contributed by atoms with E-state index in [0.29, 0.717) is 10.4 Å². The number of nitrogens with zero attached hydrogens (tertiary/aromatic N) is 1. The molecule has 0 saturated carbocycles. The van der Waals surface area contributed by atoms with E-state index in [1.165, 1.54) is 0 Å².